The highest BCUT2D eigenvalue weighted by molar-refractivity contribution is 6.31. The lowest BCUT2D eigenvalue weighted by molar-refractivity contribution is 0.0527. The summed E-state index contributed by atoms with van der Waals surface area (Å²) < 4.78 is 6.60. The maximum atomic E-state index is 12.2. The number of carbonyl (C=O) groups is 2. The molecule has 2 N–H and O–H groups in total. The largest absolute Gasteiger partial charge is 0.462 e. The van der Waals surface area contributed by atoms with E-state index in [0.29, 0.717) is 27.7 Å². The smallest absolute Gasteiger partial charge is 0.342 e. The van der Waals surface area contributed by atoms with Crippen LogP contribution in [0.25, 0.3) is 0 Å². The minimum Gasteiger partial charge on any atom is -0.462 e. The van der Waals surface area contributed by atoms with E-state index in [1.54, 1.807) is 43.9 Å². The minimum atomic E-state index is -0.475. The van der Waals surface area contributed by atoms with Crippen LogP contribution in [-0.4, -0.2) is 28.0 Å². The van der Waals surface area contributed by atoms with Crippen LogP contribution < -0.4 is 5.32 Å². The fraction of sp³-hybridized carbons (Fsp3) is 0.286. The lowest BCUT2D eigenvalue weighted by atomic mass is 10.2. The number of ether oxygens (including phenoxy) is 1. The molecule has 112 valence electrons. The van der Waals surface area contributed by atoms with Crippen LogP contribution in [0.4, 0.5) is 5.69 Å². The van der Waals surface area contributed by atoms with Crippen LogP contribution in [0, 0.1) is 6.92 Å². The van der Waals surface area contributed by atoms with Crippen molar-refractivity contribution in [2.45, 2.75) is 13.8 Å². The van der Waals surface area contributed by atoms with Crippen molar-refractivity contribution in [3.05, 3.63) is 40.4 Å². The molecule has 0 fully saturated rings. The van der Waals surface area contributed by atoms with Crippen LogP contribution in [0.3, 0.4) is 0 Å². The maximum absolute atomic E-state index is 12.2. The average Bonchev–Trinajstić information content (AvgIpc) is 2.92. The summed E-state index contributed by atoms with van der Waals surface area (Å²) >= 11 is 5.86. The number of nitrogens with one attached hydrogen (secondary N) is 2. The third-order valence-corrected chi connectivity index (χ3v) is 3.22. The van der Waals surface area contributed by atoms with Crippen molar-refractivity contribution < 1.29 is 14.3 Å². The standard InChI is InChI=1S/C14H16ClN3O3/c1-4-21-14(20)12-8(2)16-6-10(12)17-13(19)11-5-9(15)7-18(11)3/h5-7,16H,4H2,1-3H3,(H,17,19). The number of carbonyl (C=O) groups excluding carboxylic acids is 2. The van der Waals surface area contributed by atoms with E-state index in [1.807, 2.05) is 0 Å². The van der Waals surface area contributed by atoms with Gasteiger partial charge >= 0.3 is 5.97 Å². The number of halogens is 1. The van der Waals surface area contributed by atoms with Crippen LogP contribution in [0.5, 0.6) is 0 Å². The van der Waals surface area contributed by atoms with E-state index in [1.165, 1.54) is 0 Å². The van der Waals surface area contributed by atoms with Gasteiger partial charge in [0.05, 0.1) is 17.3 Å². The van der Waals surface area contributed by atoms with Crippen molar-refractivity contribution in [2.75, 3.05) is 11.9 Å². The number of anilines is 1. The maximum Gasteiger partial charge on any atom is 0.342 e. The van der Waals surface area contributed by atoms with Crippen LogP contribution >= 0.6 is 11.6 Å². The highest BCUT2D eigenvalue weighted by Gasteiger charge is 2.20. The van der Waals surface area contributed by atoms with E-state index in [2.05, 4.69) is 10.3 Å². The van der Waals surface area contributed by atoms with Gasteiger partial charge in [0.1, 0.15) is 11.3 Å². The lowest BCUT2D eigenvalue weighted by Gasteiger charge is -2.07. The topological polar surface area (TPSA) is 76.1 Å². The molecular weight excluding hydrogens is 294 g/mol. The van der Waals surface area contributed by atoms with Gasteiger partial charge in [0.15, 0.2) is 0 Å². The Morgan fingerprint density at radius 2 is 2.19 bits per heavy atom. The van der Waals surface area contributed by atoms with Crippen LogP contribution in [0.1, 0.15) is 33.5 Å². The van der Waals surface area contributed by atoms with Crippen molar-refractivity contribution in [2.24, 2.45) is 7.05 Å². The zero-order chi connectivity index (χ0) is 15.6. The third kappa shape index (κ3) is 3.11. The zero-order valence-corrected chi connectivity index (χ0v) is 12.7. The molecular formula is C14H16ClN3O3. The minimum absolute atomic E-state index is 0.268. The molecule has 0 unspecified atom stereocenters. The van der Waals surface area contributed by atoms with Gasteiger partial charge in [0.2, 0.25) is 0 Å². The second-order valence-corrected chi connectivity index (χ2v) is 4.97. The molecule has 21 heavy (non-hydrogen) atoms. The summed E-state index contributed by atoms with van der Waals surface area (Å²) in [6.07, 6.45) is 3.19. The van der Waals surface area contributed by atoms with Crippen molar-refractivity contribution >= 4 is 29.2 Å². The van der Waals surface area contributed by atoms with E-state index in [4.69, 9.17) is 16.3 Å². The Kier molecular flexibility index (Phi) is 4.37. The number of aryl methyl sites for hydroxylation is 2. The molecule has 1 amide bonds. The molecule has 6 nitrogen and oxygen atoms in total. The first-order valence-electron chi connectivity index (χ1n) is 6.42. The molecule has 0 saturated heterocycles. The van der Waals surface area contributed by atoms with E-state index < -0.39 is 5.97 Å². The molecule has 0 aliphatic carbocycles. The molecule has 0 saturated carbocycles. The Labute approximate surface area is 127 Å². The van der Waals surface area contributed by atoms with Gasteiger partial charge < -0.3 is 19.6 Å². The molecule has 0 bridgehead atoms. The summed E-state index contributed by atoms with van der Waals surface area (Å²) in [4.78, 5) is 27.1. The number of aromatic nitrogens is 2. The monoisotopic (exact) mass is 309 g/mol. The van der Waals surface area contributed by atoms with E-state index in [9.17, 15) is 9.59 Å². The van der Waals surface area contributed by atoms with E-state index in [-0.39, 0.29) is 12.5 Å². The second-order valence-electron chi connectivity index (χ2n) is 4.53. The Morgan fingerprint density at radius 3 is 2.76 bits per heavy atom. The molecule has 2 aromatic heterocycles. The quantitative estimate of drug-likeness (QED) is 0.853. The van der Waals surface area contributed by atoms with Crippen molar-refractivity contribution in [3.8, 4) is 0 Å². The van der Waals surface area contributed by atoms with E-state index in [0.717, 1.165) is 0 Å². The number of H-pyrrole nitrogens is 1. The Bertz CT molecular complexity index is 688. The normalized spacial score (nSPS) is 10.5. The SMILES string of the molecule is CCOC(=O)c1c(NC(=O)c2cc(Cl)cn2C)c[nH]c1C. The van der Waals surface area contributed by atoms with Gasteiger partial charge in [-0.3, -0.25) is 4.79 Å². The van der Waals surface area contributed by atoms with Crippen LogP contribution in [0.2, 0.25) is 5.02 Å². The Hall–Kier alpha value is -2.21. The Balaban J connectivity index is 2.26. The Morgan fingerprint density at radius 1 is 1.48 bits per heavy atom. The first-order chi connectivity index (χ1) is 9.93. The number of hydrogen-bond acceptors (Lipinski definition) is 3. The summed E-state index contributed by atoms with van der Waals surface area (Å²) in [5, 5.41) is 3.16. The first kappa shape index (κ1) is 15.2. The number of amides is 1. The van der Waals surface area contributed by atoms with Gasteiger partial charge in [-0.15, -0.1) is 0 Å². The highest BCUT2D eigenvalue weighted by atomic mass is 35.5. The van der Waals surface area contributed by atoms with Gasteiger partial charge in [-0.25, -0.2) is 4.79 Å². The molecule has 0 radical (unpaired) electrons. The summed E-state index contributed by atoms with van der Waals surface area (Å²) in [6.45, 7) is 3.73. The van der Waals surface area contributed by atoms with E-state index >= 15 is 0 Å². The molecule has 2 rings (SSSR count). The van der Waals surface area contributed by atoms with Gasteiger partial charge in [-0.05, 0) is 19.9 Å². The van der Waals surface area contributed by atoms with Gasteiger partial charge in [0.25, 0.3) is 5.91 Å². The van der Waals surface area contributed by atoms with Crippen molar-refractivity contribution in [1.82, 2.24) is 9.55 Å². The molecule has 2 aromatic rings. The molecule has 0 atom stereocenters. The highest BCUT2D eigenvalue weighted by Crippen LogP contribution is 2.22. The lowest BCUT2D eigenvalue weighted by Crippen LogP contribution is -2.17. The van der Waals surface area contributed by atoms with Gasteiger partial charge in [-0.1, -0.05) is 11.6 Å². The summed E-state index contributed by atoms with van der Waals surface area (Å²) in [5.41, 5.74) is 1.74. The molecule has 0 aromatic carbocycles. The van der Waals surface area contributed by atoms with Gasteiger partial charge in [-0.2, -0.15) is 0 Å². The molecule has 7 heteroatoms. The number of hydrogen-bond donors (Lipinski definition) is 2. The molecule has 0 aliphatic rings. The predicted molar refractivity (Wildman–Crippen MR) is 79.9 cm³/mol. The number of nitrogens with zero attached hydrogens (tertiary/aromatic N) is 1. The van der Waals surface area contributed by atoms with Crippen LogP contribution in [-0.2, 0) is 11.8 Å². The second kappa shape index (κ2) is 6.05. The van der Waals surface area contributed by atoms with Crippen LogP contribution in [0.15, 0.2) is 18.5 Å². The third-order valence-electron chi connectivity index (χ3n) is 3.01. The molecule has 2 heterocycles. The van der Waals surface area contributed by atoms with Crippen molar-refractivity contribution in [3.63, 3.8) is 0 Å². The fourth-order valence-electron chi connectivity index (χ4n) is 2.03. The molecule has 0 aliphatic heterocycles. The number of rotatable bonds is 4. The number of aromatic amines is 1. The predicted octanol–water partition coefficient (Wildman–Crippen LogP) is 2.74. The zero-order valence-electron chi connectivity index (χ0n) is 12.0. The van der Waals surface area contributed by atoms with Gasteiger partial charge in [0, 0.05) is 25.1 Å². The summed E-state index contributed by atoms with van der Waals surface area (Å²) in [5.74, 6) is -0.828. The molecule has 0 spiro atoms. The fourth-order valence-corrected chi connectivity index (χ4v) is 2.28. The summed E-state index contributed by atoms with van der Waals surface area (Å²) in [7, 11) is 1.72. The average molecular weight is 310 g/mol. The van der Waals surface area contributed by atoms with Crippen molar-refractivity contribution in [1.29, 1.82) is 0 Å². The first-order valence-corrected chi connectivity index (χ1v) is 6.80. The number of esters is 1. The summed E-state index contributed by atoms with van der Waals surface area (Å²) in [6, 6.07) is 1.56.